The molecule has 0 fully saturated rings. The Hall–Kier alpha value is 0.690. The SMILES string of the molecule is C#[C][Zn][Si](C)(C)C.Cl. The predicted molar refractivity (Wildman–Crippen MR) is 39.4 cm³/mol. The van der Waals surface area contributed by atoms with E-state index in [4.69, 9.17) is 6.42 Å². The van der Waals surface area contributed by atoms with E-state index in [0.717, 1.165) is 0 Å². The van der Waals surface area contributed by atoms with Crippen LogP contribution in [-0.4, -0.2) is 6.30 Å². The van der Waals surface area contributed by atoms with Gasteiger partial charge in [-0.1, -0.05) is 0 Å². The zero-order chi connectivity index (χ0) is 5.91. The van der Waals surface area contributed by atoms with Gasteiger partial charge in [0.2, 0.25) is 0 Å². The molecule has 0 rings (SSSR count). The summed E-state index contributed by atoms with van der Waals surface area (Å²) in [6, 6.07) is 0. The van der Waals surface area contributed by atoms with Gasteiger partial charge >= 0.3 is 53.3 Å². The maximum absolute atomic E-state index is 5.18. The van der Waals surface area contributed by atoms with Crippen molar-refractivity contribution >= 4 is 18.7 Å². The van der Waals surface area contributed by atoms with Gasteiger partial charge in [-0.2, -0.15) is 0 Å². The van der Waals surface area contributed by atoms with E-state index in [0.29, 0.717) is 0 Å². The van der Waals surface area contributed by atoms with Gasteiger partial charge in [-0.05, 0) is 0 Å². The van der Waals surface area contributed by atoms with Crippen molar-refractivity contribution in [1.82, 2.24) is 0 Å². The third-order valence-corrected chi connectivity index (χ3v) is 9.86. The standard InChI is InChI=1S/C3H9Si.C2H.ClH.Zn/c1-4(2)3;1-2;;/h1-3H3;1H;1H;. The Balaban J connectivity index is 0. The second kappa shape index (κ2) is 4.56. The van der Waals surface area contributed by atoms with Gasteiger partial charge in [0.25, 0.3) is 0 Å². The maximum Gasteiger partial charge on any atom is -0.147 e. The molecule has 0 aromatic carbocycles. The molecule has 0 saturated carbocycles. The molecular weight excluding hydrogens is 189 g/mol. The molecule has 0 aliphatic carbocycles. The third-order valence-electron chi connectivity index (χ3n) is 0.632. The number of terminal acetylenes is 1. The molecule has 0 bridgehead atoms. The van der Waals surface area contributed by atoms with Crippen LogP contribution in [0.25, 0.3) is 0 Å². The Morgan fingerprint density at radius 3 is 1.75 bits per heavy atom. The summed E-state index contributed by atoms with van der Waals surface area (Å²) in [5, 5.41) is 0. The minimum Gasteiger partial charge on any atom is -0.147 e. The van der Waals surface area contributed by atoms with Crippen LogP contribution >= 0.6 is 12.4 Å². The van der Waals surface area contributed by atoms with E-state index in [2.05, 4.69) is 24.2 Å². The van der Waals surface area contributed by atoms with Crippen molar-refractivity contribution in [3.05, 3.63) is 0 Å². The van der Waals surface area contributed by atoms with Crippen molar-refractivity contribution in [3.8, 4) is 10.9 Å². The Bertz CT molecular complexity index is 89.6. The van der Waals surface area contributed by atoms with Gasteiger partial charge in [-0.15, -0.1) is 12.4 Å². The zero-order valence-electron chi connectivity index (χ0n) is 5.69. The van der Waals surface area contributed by atoms with Crippen molar-refractivity contribution in [2.75, 3.05) is 0 Å². The first-order valence-corrected chi connectivity index (χ1v) is 12.1. The molecule has 0 nitrogen and oxygen atoms in total. The molecule has 0 atom stereocenters. The minimum atomic E-state index is -0.706. The number of rotatable bonds is 1. The summed E-state index contributed by atoms with van der Waals surface area (Å²) < 4.78 is 2.86. The monoisotopic (exact) mass is 198 g/mol. The fourth-order valence-corrected chi connectivity index (χ4v) is 4.77. The quantitative estimate of drug-likeness (QED) is 0.448. The van der Waals surface area contributed by atoms with E-state index >= 15 is 0 Å². The van der Waals surface area contributed by atoms with Crippen molar-refractivity contribution in [2.24, 2.45) is 0 Å². The molecule has 44 valence electrons. The summed E-state index contributed by atoms with van der Waals surface area (Å²) in [6.45, 7) is 7.06. The summed E-state index contributed by atoms with van der Waals surface area (Å²) in [7, 11) is 0. The molecule has 0 heterocycles. The Morgan fingerprint density at radius 2 is 1.75 bits per heavy atom. The van der Waals surface area contributed by atoms with E-state index in [1.165, 1.54) is 0 Å². The third kappa shape index (κ3) is 9.85. The van der Waals surface area contributed by atoms with Crippen LogP contribution in [0.2, 0.25) is 19.6 Å². The number of hydrogen-bond acceptors (Lipinski definition) is 0. The van der Waals surface area contributed by atoms with Crippen LogP contribution in [0, 0.1) is 10.9 Å². The summed E-state index contributed by atoms with van der Waals surface area (Å²) in [5.74, 6) is 0. The summed E-state index contributed by atoms with van der Waals surface area (Å²) in [6.07, 6.45) is 4.48. The fraction of sp³-hybridized carbons (Fsp3) is 0.600. The Morgan fingerprint density at radius 1 is 1.38 bits per heavy atom. The number of halogens is 1. The van der Waals surface area contributed by atoms with E-state index in [1.807, 2.05) is 0 Å². The van der Waals surface area contributed by atoms with Crippen LogP contribution in [0.3, 0.4) is 0 Å². The molecule has 0 N–H and O–H groups in total. The summed E-state index contributed by atoms with van der Waals surface area (Å²) in [5.41, 5.74) is 0. The molecule has 0 radical (unpaired) electrons. The summed E-state index contributed by atoms with van der Waals surface area (Å²) in [4.78, 5) is 0. The van der Waals surface area contributed by atoms with Crippen LogP contribution < -0.4 is 0 Å². The second-order valence-electron chi connectivity index (χ2n) is 2.94. The molecule has 0 aliphatic heterocycles. The van der Waals surface area contributed by atoms with Gasteiger partial charge in [0.15, 0.2) is 0 Å². The van der Waals surface area contributed by atoms with E-state index < -0.39 is 22.7 Å². The molecular formula is C5H11ClSiZn. The molecule has 0 spiro atoms. The van der Waals surface area contributed by atoms with Gasteiger partial charge < -0.3 is 0 Å². The molecule has 0 saturated heterocycles. The largest absolute Gasteiger partial charge is 0.147 e. The van der Waals surface area contributed by atoms with Crippen molar-refractivity contribution in [3.63, 3.8) is 0 Å². The van der Waals surface area contributed by atoms with Crippen molar-refractivity contribution < 1.29 is 16.4 Å². The Kier molecular flexibility index (Phi) is 6.54. The van der Waals surface area contributed by atoms with Crippen LogP contribution in [0.5, 0.6) is 0 Å². The average molecular weight is 200 g/mol. The molecule has 3 heteroatoms. The molecule has 0 aromatic rings. The van der Waals surface area contributed by atoms with Gasteiger partial charge in [-0.25, -0.2) is 0 Å². The molecule has 8 heavy (non-hydrogen) atoms. The van der Waals surface area contributed by atoms with Gasteiger partial charge in [0.1, 0.15) is 0 Å². The van der Waals surface area contributed by atoms with E-state index in [-0.39, 0.29) is 12.4 Å². The van der Waals surface area contributed by atoms with Crippen molar-refractivity contribution in [1.29, 1.82) is 0 Å². The maximum atomic E-state index is 5.18. The zero-order valence-corrected chi connectivity index (χ0v) is 10.5. The molecule has 0 aromatic heterocycles. The average Bonchev–Trinajstić information content (AvgIpc) is 1.30. The van der Waals surface area contributed by atoms with Gasteiger partial charge in [0, 0.05) is 0 Å². The topological polar surface area (TPSA) is 0 Å². The molecule has 0 aliphatic rings. The van der Waals surface area contributed by atoms with Gasteiger partial charge in [0.05, 0.1) is 0 Å². The predicted octanol–water partition coefficient (Wildman–Crippen LogP) is 1.92. The van der Waals surface area contributed by atoms with Gasteiger partial charge in [-0.3, -0.25) is 0 Å². The normalized spacial score (nSPS) is 8.25. The smallest absolute Gasteiger partial charge is 0.147 e. The molecule has 0 amide bonds. The first-order chi connectivity index (χ1) is 3.06. The van der Waals surface area contributed by atoms with Crippen LogP contribution in [0.15, 0.2) is 0 Å². The fourth-order valence-electron chi connectivity index (χ4n) is 0.306. The first-order valence-electron chi connectivity index (χ1n) is 2.50. The van der Waals surface area contributed by atoms with E-state index in [1.54, 1.807) is 0 Å². The number of hydrogen-bond donors (Lipinski definition) is 0. The molecule has 0 unspecified atom stereocenters. The van der Waals surface area contributed by atoms with Crippen LogP contribution in [-0.2, 0) is 16.4 Å². The minimum absolute atomic E-state index is 0. The van der Waals surface area contributed by atoms with Crippen LogP contribution in [0.1, 0.15) is 0 Å². The van der Waals surface area contributed by atoms with Crippen molar-refractivity contribution in [2.45, 2.75) is 19.6 Å². The Labute approximate surface area is 65.8 Å². The first kappa shape index (κ1) is 11.5. The van der Waals surface area contributed by atoms with Crippen LogP contribution in [0.4, 0.5) is 0 Å². The van der Waals surface area contributed by atoms with E-state index in [9.17, 15) is 0 Å². The summed E-state index contributed by atoms with van der Waals surface area (Å²) >= 11 is -0.451. The second-order valence-corrected chi connectivity index (χ2v) is 24.9.